The van der Waals surface area contributed by atoms with E-state index in [2.05, 4.69) is 72.8 Å². The first-order valence-corrected chi connectivity index (χ1v) is 15.0. The molecule has 2 aliphatic heterocycles. The SMILES string of the molecule is O=c1c2ccccc2cc2n1CC[C@@H](c1ccccc1)C2.O=c1c2ccccc2cc2n1CC[C@@H](c1ccccc1)C2. The third-order valence-electron chi connectivity index (χ3n) is 9.07. The van der Waals surface area contributed by atoms with Crippen LogP contribution >= 0.6 is 0 Å². The molecule has 4 heterocycles. The summed E-state index contributed by atoms with van der Waals surface area (Å²) in [4.78, 5) is 25.2. The predicted molar refractivity (Wildman–Crippen MR) is 171 cm³/mol. The van der Waals surface area contributed by atoms with Gasteiger partial charge in [0.15, 0.2) is 0 Å². The van der Waals surface area contributed by atoms with Crippen molar-refractivity contribution in [1.82, 2.24) is 9.13 Å². The zero-order valence-electron chi connectivity index (χ0n) is 23.7. The van der Waals surface area contributed by atoms with Crippen LogP contribution in [0.4, 0.5) is 0 Å². The lowest BCUT2D eigenvalue weighted by atomic mass is 9.88. The number of benzene rings is 4. The van der Waals surface area contributed by atoms with Gasteiger partial charge >= 0.3 is 0 Å². The minimum Gasteiger partial charge on any atom is -0.312 e. The lowest BCUT2D eigenvalue weighted by Gasteiger charge is -2.26. The molecule has 4 heteroatoms. The minimum atomic E-state index is 0.162. The van der Waals surface area contributed by atoms with E-state index in [9.17, 15) is 9.59 Å². The Morgan fingerprint density at radius 3 is 1.29 bits per heavy atom. The monoisotopic (exact) mass is 550 g/mol. The normalized spacial score (nSPS) is 17.6. The summed E-state index contributed by atoms with van der Waals surface area (Å²) in [6.45, 7) is 1.64. The summed E-state index contributed by atoms with van der Waals surface area (Å²) in [7, 11) is 0. The van der Waals surface area contributed by atoms with E-state index in [0.717, 1.165) is 60.3 Å². The van der Waals surface area contributed by atoms with Gasteiger partial charge in [-0.25, -0.2) is 0 Å². The molecule has 0 spiro atoms. The van der Waals surface area contributed by atoms with Crippen molar-refractivity contribution in [3.8, 4) is 0 Å². The molecule has 8 rings (SSSR count). The summed E-state index contributed by atoms with van der Waals surface area (Å²) in [6, 6.07) is 41.4. The zero-order chi connectivity index (χ0) is 28.5. The van der Waals surface area contributed by atoms with Crippen LogP contribution < -0.4 is 11.1 Å². The van der Waals surface area contributed by atoms with E-state index in [4.69, 9.17) is 0 Å². The van der Waals surface area contributed by atoms with Crippen molar-refractivity contribution in [2.24, 2.45) is 0 Å². The largest absolute Gasteiger partial charge is 0.312 e. The van der Waals surface area contributed by atoms with Crippen LogP contribution in [0.25, 0.3) is 21.5 Å². The van der Waals surface area contributed by atoms with Crippen LogP contribution in [0.5, 0.6) is 0 Å². The standard InChI is InChI=1S/2C19H17NO/c2*21-19-18-9-5-4-8-16(18)13-17-12-15(10-11-20(17)19)14-6-2-1-3-7-14/h2*1-9,13,15H,10-12H2/t2*15-/m11/s1. The van der Waals surface area contributed by atoms with E-state index >= 15 is 0 Å². The quantitative estimate of drug-likeness (QED) is 0.225. The Morgan fingerprint density at radius 1 is 0.476 bits per heavy atom. The average Bonchev–Trinajstić information content (AvgIpc) is 3.06. The molecular weight excluding hydrogens is 516 g/mol. The Hall–Kier alpha value is -4.70. The second kappa shape index (κ2) is 11.3. The second-order valence-electron chi connectivity index (χ2n) is 11.6. The van der Waals surface area contributed by atoms with Crippen LogP contribution in [0, 0.1) is 0 Å². The van der Waals surface area contributed by atoms with Crippen molar-refractivity contribution in [2.75, 3.05) is 0 Å². The Bertz CT molecular complexity index is 1840. The third-order valence-corrected chi connectivity index (χ3v) is 9.07. The Kier molecular flexibility index (Phi) is 7.05. The molecule has 0 saturated carbocycles. The highest BCUT2D eigenvalue weighted by Crippen LogP contribution is 2.31. The van der Waals surface area contributed by atoms with E-state index in [1.807, 2.05) is 57.7 Å². The lowest BCUT2D eigenvalue weighted by molar-refractivity contribution is 0.462. The van der Waals surface area contributed by atoms with Gasteiger partial charge in [0.25, 0.3) is 11.1 Å². The third kappa shape index (κ3) is 4.98. The number of hydrogen-bond donors (Lipinski definition) is 0. The number of nitrogens with zero attached hydrogens (tertiary/aromatic N) is 2. The molecule has 4 aromatic carbocycles. The molecule has 0 aliphatic carbocycles. The van der Waals surface area contributed by atoms with Crippen LogP contribution in [0.2, 0.25) is 0 Å². The molecule has 0 amide bonds. The maximum absolute atomic E-state index is 12.6. The van der Waals surface area contributed by atoms with E-state index in [1.54, 1.807) is 0 Å². The predicted octanol–water partition coefficient (Wildman–Crippen LogP) is 7.46. The first-order chi connectivity index (χ1) is 20.7. The van der Waals surface area contributed by atoms with Gasteiger partial charge in [-0.2, -0.15) is 0 Å². The van der Waals surface area contributed by atoms with Crippen molar-refractivity contribution in [1.29, 1.82) is 0 Å². The molecule has 0 radical (unpaired) electrons. The number of pyridine rings is 2. The maximum Gasteiger partial charge on any atom is 0.258 e. The molecule has 42 heavy (non-hydrogen) atoms. The van der Waals surface area contributed by atoms with E-state index in [0.29, 0.717) is 11.8 Å². The van der Waals surface area contributed by atoms with E-state index in [-0.39, 0.29) is 11.1 Å². The van der Waals surface area contributed by atoms with Gasteiger partial charge in [0.1, 0.15) is 0 Å². The van der Waals surface area contributed by atoms with Crippen LogP contribution in [0.1, 0.15) is 47.2 Å². The number of fused-ring (bicyclic) bond motifs is 4. The minimum absolute atomic E-state index is 0.162. The molecule has 0 fully saturated rings. The molecular formula is C38H34N2O2. The summed E-state index contributed by atoms with van der Waals surface area (Å²) in [5.74, 6) is 1.04. The average molecular weight is 551 g/mol. The van der Waals surface area contributed by atoms with Gasteiger partial charge in [-0.3, -0.25) is 9.59 Å². The first-order valence-electron chi connectivity index (χ1n) is 15.0. The summed E-state index contributed by atoms with van der Waals surface area (Å²) in [5, 5.41) is 3.78. The van der Waals surface area contributed by atoms with Gasteiger partial charge in [-0.15, -0.1) is 0 Å². The van der Waals surface area contributed by atoms with Gasteiger partial charge in [-0.1, -0.05) is 97.1 Å². The van der Waals surface area contributed by atoms with Crippen LogP contribution in [0.15, 0.2) is 131 Å². The lowest BCUT2D eigenvalue weighted by Crippen LogP contribution is -2.29. The smallest absolute Gasteiger partial charge is 0.258 e. The highest BCUT2D eigenvalue weighted by Gasteiger charge is 2.23. The van der Waals surface area contributed by atoms with Gasteiger partial charge in [0, 0.05) is 35.2 Å². The van der Waals surface area contributed by atoms with Crippen LogP contribution in [0.3, 0.4) is 0 Å². The number of hydrogen-bond acceptors (Lipinski definition) is 2. The molecule has 6 aromatic rings. The van der Waals surface area contributed by atoms with Gasteiger partial charge < -0.3 is 9.13 Å². The first kappa shape index (κ1) is 26.2. The molecule has 2 aromatic heterocycles. The molecule has 2 aliphatic rings. The summed E-state index contributed by atoms with van der Waals surface area (Å²) in [6.07, 6.45) is 3.97. The topological polar surface area (TPSA) is 44.0 Å². The maximum atomic E-state index is 12.6. The second-order valence-corrected chi connectivity index (χ2v) is 11.6. The summed E-state index contributed by atoms with van der Waals surface area (Å²) >= 11 is 0. The Labute approximate surface area is 245 Å². The molecule has 0 bridgehead atoms. The number of rotatable bonds is 2. The highest BCUT2D eigenvalue weighted by molar-refractivity contribution is 5.82. The van der Waals surface area contributed by atoms with Gasteiger partial charge in [0.2, 0.25) is 0 Å². The summed E-state index contributed by atoms with van der Waals surface area (Å²) < 4.78 is 3.92. The fraction of sp³-hybridized carbons (Fsp3) is 0.211. The van der Waals surface area contributed by atoms with Gasteiger partial charge in [0.05, 0.1) is 0 Å². The van der Waals surface area contributed by atoms with Crippen LogP contribution in [-0.2, 0) is 25.9 Å². The Morgan fingerprint density at radius 2 is 0.857 bits per heavy atom. The summed E-state index contributed by atoms with van der Waals surface area (Å²) in [5.41, 5.74) is 5.41. The fourth-order valence-electron chi connectivity index (χ4n) is 6.83. The van der Waals surface area contributed by atoms with E-state index in [1.165, 1.54) is 22.5 Å². The van der Waals surface area contributed by atoms with Crippen molar-refractivity contribution < 1.29 is 0 Å². The molecule has 0 saturated heterocycles. The molecule has 0 unspecified atom stereocenters. The molecule has 4 nitrogen and oxygen atoms in total. The number of aromatic nitrogens is 2. The fourth-order valence-corrected chi connectivity index (χ4v) is 6.83. The zero-order valence-corrected chi connectivity index (χ0v) is 23.7. The molecule has 208 valence electrons. The van der Waals surface area contributed by atoms with Crippen molar-refractivity contribution >= 4 is 21.5 Å². The molecule has 0 N–H and O–H groups in total. The van der Waals surface area contributed by atoms with E-state index < -0.39 is 0 Å². The van der Waals surface area contributed by atoms with Gasteiger partial charge in [-0.05, 0) is 83.7 Å². The van der Waals surface area contributed by atoms with Crippen molar-refractivity contribution in [2.45, 2.75) is 50.6 Å². The van der Waals surface area contributed by atoms with Crippen LogP contribution in [-0.4, -0.2) is 9.13 Å². The highest BCUT2D eigenvalue weighted by atomic mass is 16.1. The van der Waals surface area contributed by atoms with Crippen molar-refractivity contribution in [3.63, 3.8) is 0 Å². The Balaban J connectivity index is 0.000000137. The van der Waals surface area contributed by atoms with Crippen molar-refractivity contribution in [3.05, 3.63) is 165 Å². The molecule has 2 atom stereocenters.